The van der Waals surface area contributed by atoms with Crippen molar-refractivity contribution in [2.24, 2.45) is 0 Å². The SMILES string of the molecule is CCCCC(c1nnnn1C(C)(C)C)N1CCN(C2CCCC2)CC1. The van der Waals surface area contributed by atoms with Gasteiger partial charge in [-0.1, -0.05) is 32.6 Å². The summed E-state index contributed by atoms with van der Waals surface area (Å²) in [5.74, 6) is 1.05. The third-order valence-electron chi connectivity index (χ3n) is 5.89. The van der Waals surface area contributed by atoms with Gasteiger partial charge in [0.25, 0.3) is 0 Å². The molecule has 2 aliphatic rings. The van der Waals surface area contributed by atoms with E-state index in [1.165, 1.54) is 51.6 Å². The van der Waals surface area contributed by atoms with Crippen LogP contribution in [0.15, 0.2) is 0 Å². The highest BCUT2D eigenvalue weighted by atomic mass is 15.6. The molecule has 1 aromatic heterocycles. The van der Waals surface area contributed by atoms with Gasteiger partial charge in [-0.3, -0.25) is 9.80 Å². The van der Waals surface area contributed by atoms with Crippen LogP contribution in [0.2, 0.25) is 0 Å². The van der Waals surface area contributed by atoms with Gasteiger partial charge in [0.15, 0.2) is 5.82 Å². The van der Waals surface area contributed by atoms with Gasteiger partial charge in [0.05, 0.1) is 11.6 Å². The predicted molar refractivity (Wildman–Crippen MR) is 100 cm³/mol. The summed E-state index contributed by atoms with van der Waals surface area (Å²) >= 11 is 0. The molecule has 1 saturated heterocycles. The second-order valence-corrected chi connectivity index (χ2v) is 8.79. The maximum absolute atomic E-state index is 4.45. The zero-order valence-corrected chi connectivity index (χ0v) is 16.6. The Labute approximate surface area is 152 Å². The third-order valence-corrected chi connectivity index (χ3v) is 5.89. The highest BCUT2D eigenvalue weighted by Crippen LogP contribution is 2.30. The lowest BCUT2D eigenvalue weighted by Crippen LogP contribution is -2.51. The van der Waals surface area contributed by atoms with Crippen molar-refractivity contribution in [3.8, 4) is 0 Å². The quantitative estimate of drug-likeness (QED) is 0.790. The largest absolute Gasteiger partial charge is 0.298 e. The van der Waals surface area contributed by atoms with Crippen molar-refractivity contribution in [3.63, 3.8) is 0 Å². The fourth-order valence-corrected chi connectivity index (χ4v) is 4.44. The van der Waals surface area contributed by atoms with Crippen molar-refractivity contribution in [1.82, 2.24) is 30.0 Å². The lowest BCUT2D eigenvalue weighted by molar-refractivity contribution is 0.0604. The fraction of sp³-hybridized carbons (Fsp3) is 0.947. The molecule has 0 spiro atoms. The van der Waals surface area contributed by atoms with Gasteiger partial charge in [0.2, 0.25) is 0 Å². The molecule has 6 nitrogen and oxygen atoms in total. The Bertz CT molecular complexity index is 520. The summed E-state index contributed by atoms with van der Waals surface area (Å²) in [4.78, 5) is 5.36. The molecule has 0 aromatic carbocycles. The van der Waals surface area contributed by atoms with E-state index in [1.54, 1.807) is 0 Å². The van der Waals surface area contributed by atoms with E-state index in [2.05, 4.69) is 53.0 Å². The second-order valence-electron chi connectivity index (χ2n) is 8.79. The van der Waals surface area contributed by atoms with E-state index >= 15 is 0 Å². The molecule has 0 radical (unpaired) electrons. The first-order valence-corrected chi connectivity index (χ1v) is 10.3. The van der Waals surface area contributed by atoms with Gasteiger partial charge in [0, 0.05) is 32.2 Å². The average Bonchev–Trinajstić information content (AvgIpc) is 3.27. The van der Waals surface area contributed by atoms with E-state index in [0.29, 0.717) is 6.04 Å². The van der Waals surface area contributed by atoms with Gasteiger partial charge in [-0.2, -0.15) is 0 Å². The van der Waals surface area contributed by atoms with Crippen molar-refractivity contribution >= 4 is 0 Å². The van der Waals surface area contributed by atoms with Crippen molar-refractivity contribution in [2.45, 2.75) is 90.3 Å². The van der Waals surface area contributed by atoms with Crippen molar-refractivity contribution < 1.29 is 0 Å². The van der Waals surface area contributed by atoms with E-state index in [4.69, 9.17) is 0 Å². The molecule has 3 rings (SSSR count). The van der Waals surface area contributed by atoms with Gasteiger partial charge < -0.3 is 0 Å². The standard InChI is InChI=1S/C19H36N6/c1-5-6-11-17(18-20-21-22-25(18)19(2,3)4)24-14-12-23(13-15-24)16-9-7-8-10-16/h16-17H,5-15H2,1-4H3. The topological polar surface area (TPSA) is 50.1 Å². The predicted octanol–water partition coefficient (Wildman–Crippen LogP) is 3.22. The van der Waals surface area contributed by atoms with Crippen molar-refractivity contribution in [3.05, 3.63) is 5.82 Å². The molecular weight excluding hydrogens is 312 g/mol. The Kier molecular flexibility index (Phi) is 6.10. The van der Waals surface area contributed by atoms with Gasteiger partial charge >= 0.3 is 0 Å². The molecule has 1 atom stereocenters. The summed E-state index contributed by atoms with van der Waals surface area (Å²) in [6.07, 6.45) is 9.24. The molecule has 6 heteroatoms. The number of hydrogen-bond donors (Lipinski definition) is 0. The first kappa shape index (κ1) is 18.8. The second kappa shape index (κ2) is 8.12. The van der Waals surface area contributed by atoms with E-state index < -0.39 is 0 Å². The Hall–Kier alpha value is -1.01. The first-order chi connectivity index (χ1) is 12.0. The molecule has 1 unspecified atom stereocenters. The molecule has 2 fully saturated rings. The molecule has 1 aromatic rings. The molecule has 0 amide bonds. The normalized spacial score (nSPS) is 22.6. The number of unbranched alkanes of at least 4 members (excludes halogenated alkanes) is 1. The van der Waals surface area contributed by atoms with E-state index in [-0.39, 0.29) is 5.54 Å². The number of rotatable bonds is 6. The van der Waals surface area contributed by atoms with E-state index in [0.717, 1.165) is 31.4 Å². The fourth-order valence-electron chi connectivity index (χ4n) is 4.44. The Morgan fingerprint density at radius 2 is 1.76 bits per heavy atom. The summed E-state index contributed by atoms with van der Waals surface area (Å²) in [5, 5.41) is 12.8. The van der Waals surface area contributed by atoms with Crippen LogP contribution in [0, 0.1) is 0 Å². The van der Waals surface area contributed by atoms with E-state index in [1.807, 2.05) is 4.68 Å². The lowest BCUT2D eigenvalue weighted by atomic mass is 10.0. The van der Waals surface area contributed by atoms with Crippen molar-refractivity contribution in [1.29, 1.82) is 0 Å². The van der Waals surface area contributed by atoms with Crippen LogP contribution < -0.4 is 0 Å². The molecule has 1 aliphatic carbocycles. The molecule has 0 bridgehead atoms. The summed E-state index contributed by atoms with van der Waals surface area (Å²) in [7, 11) is 0. The van der Waals surface area contributed by atoms with Crippen LogP contribution in [0.25, 0.3) is 0 Å². The molecular formula is C19H36N6. The van der Waals surface area contributed by atoms with Crippen LogP contribution in [0.4, 0.5) is 0 Å². The smallest absolute Gasteiger partial charge is 0.168 e. The number of tetrazole rings is 1. The highest BCUT2D eigenvalue weighted by molar-refractivity contribution is 4.98. The summed E-state index contributed by atoms with van der Waals surface area (Å²) in [6.45, 7) is 13.5. The van der Waals surface area contributed by atoms with Crippen LogP contribution in [0.3, 0.4) is 0 Å². The monoisotopic (exact) mass is 348 g/mol. The van der Waals surface area contributed by atoms with Crippen LogP contribution in [-0.2, 0) is 5.54 Å². The maximum Gasteiger partial charge on any atom is 0.168 e. The number of piperazine rings is 1. The van der Waals surface area contributed by atoms with E-state index in [9.17, 15) is 0 Å². The van der Waals surface area contributed by atoms with Crippen LogP contribution in [-0.4, -0.2) is 62.2 Å². The molecule has 142 valence electrons. The van der Waals surface area contributed by atoms with Crippen molar-refractivity contribution in [2.75, 3.05) is 26.2 Å². The number of aromatic nitrogens is 4. The first-order valence-electron chi connectivity index (χ1n) is 10.3. The molecule has 2 heterocycles. The molecule has 0 N–H and O–H groups in total. The Balaban J connectivity index is 1.70. The Morgan fingerprint density at radius 1 is 1.08 bits per heavy atom. The zero-order valence-electron chi connectivity index (χ0n) is 16.6. The third kappa shape index (κ3) is 4.40. The minimum atomic E-state index is -0.0744. The van der Waals surface area contributed by atoms with Gasteiger partial charge in [0.1, 0.15) is 0 Å². The van der Waals surface area contributed by atoms with Crippen LogP contribution >= 0.6 is 0 Å². The lowest BCUT2D eigenvalue weighted by Gasteiger charge is -2.41. The number of nitrogens with zero attached hydrogens (tertiary/aromatic N) is 6. The minimum absolute atomic E-state index is 0.0744. The van der Waals surface area contributed by atoms with Crippen LogP contribution in [0.5, 0.6) is 0 Å². The van der Waals surface area contributed by atoms with Gasteiger partial charge in [-0.25, -0.2) is 4.68 Å². The maximum atomic E-state index is 4.45. The zero-order chi connectivity index (χ0) is 17.9. The Morgan fingerprint density at radius 3 is 2.36 bits per heavy atom. The van der Waals surface area contributed by atoms with Gasteiger partial charge in [-0.05, 0) is 50.5 Å². The van der Waals surface area contributed by atoms with Crippen LogP contribution in [0.1, 0.15) is 84.5 Å². The summed E-state index contributed by atoms with van der Waals surface area (Å²) < 4.78 is 2.04. The minimum Gasteiger partial charge on any atom is -0.298 e. The number of hydrogen-bond acceptors (Lipinski definition) is 5. The highest BCUT2D eigenvalue weighted by Gasteiger charge is 2.33. The molecule has 1 saturated carbocycles. The molecule has 1 aliphatic heterocycles. The average molecular weight is 349 g/mol. The summed E-state index contributed by atoms with van der Waals surface area (Å²) in [5.41, 5.74) is -0.0744. The molecule has 25 heavy (non-hydrogen) atoms. The summed E-state index contributed by atoms with van der Waals surface area (Å²) in [6, 6.07) is 1.19. The van der Waals surface area contributed by atoms with Gasteiger partial charge in [-0.15, -0.1) is 5.10 Å².